The van der Waals surface area contributed by atoms with Crippen molar-refractivity contribution in [2.45, 2.75) is 57.5 Å². The number of halogens is 4. The van der Waals surface area contributed by atoms with Gasteiger partial charge in [0.2, 0.25) is 5.95 Å². The number of nitrogens with one attached hydrogen (secondary N) is 2. The molecule has 0 saturated heterocycles. The van der Waals surface area contributed by atoms with Crippen molar-refractivity contribution in [1.29, 1.82) is 0 Å². The van der Waals surface area contributed by atoms with Gasteiger partial charge in [0.1, 0.15) is 0 Å². The van der Waals surface area contributed by atoms with Crippen molar-refractivity contribution in [3.05, 3.63) is 35.1 Å². The molecular weight excluding hydrogens is 433 g/mol. The molecule has 166 valence electrons. The van der Waals surface area contributed by atoms with Crippen LogP contribution in [0.2, 0.25) is 5.02 Å². The molecule has 1 saturated carbocycles. The number of aliphatic hydroxyl groups is 1. The third kappa shape index (κ3) is 4.69. The summed E-state index contributed by atoms with van der Waals surface area (Å²) in [6, 6.07) is 3.71. The van der Waals surface area contributed by atoms with Crippen molar-refractivity contribution >= 4 is 40.2 Å². The van der Waals surface area contributed by atoms with Gasteiger partial charge >= 0.3 is 6.18 Å². The van der Waals surface area contributed by atoms with E-state index in [1.807, 2.05) is 11.5 Å². The molecule has 0 unspecified atom stereocenters. The van der Waals surface area contributed by atoms with Crippen LogP contribution in [0.15, 0.2) is 24.5 Å². The highest BCUT2D eigenvalue weighted by Gasteiger charge is 2.33. The summed E-state index contributed by atoms with van der Waals surface area (Å²) < 4.78 is 41.6. The van der Waals surface area contributed by atoms with Crippen LogP contribution in [0, 0.1) is 0 Å². The second-order valence-corrected chi connectivity index (χ2v) is 7.97. The van der Waals surface area contributed by atoms with E-state index in [0.717, 1.165) is 18.9 Å². The lowest BCUT2D eigenvalue weighted by molar-refractivity contribution is -0.137. The average Bonchev–Trinajstić information content (AvgIpc) is 3.13. The Labute approximate surface area is 181 Å². The SMILES string of the molecule is CCn1cnc2c(Nc3ccc(Cl)c(C(F)(F)F)c3)nc(N[C@H]3CC[C@H](O)CC3)nc21. The van der Waals surface area contributed by atoms with Gasteiger partial charge in [-0.2, -0.15) is 23.1 Å². The summed E-state index contributed by atoms with van der Waals surface area (Å²) in [7, 11) is 0. The van der Waals surface area contributed by atoms with E-state index >= 15 is 0 Å². The Balaban J connectivity index is 1.69. The zero-order chi connectivity index (χ0) is 22.2. The number of alkyl halides is 3. The van der Waals surface area contributed by atoms with E-state index < -0.39 is 11.7 Å². The number of fused-ring (bicyclic) bond motifs is 1. The number of aryl methyl sites for hydroxylation is 1. The largest absolute Gasteiger partial charge is 0.417 e. The van der Waals surface area contributed by atoms with Crippen molar-refractivity contribution in [3.8, 4) is 0 Å². The Kier molecular flexibility index (Phi) is 5.94. The fourth-order valence-corrected chi connectivity index (χ4v) is 3.91. The monoisotopic (exact) mass is 454 g/mol. The molecule has 3 N–H and O–H groups in total. The summed E-state index contributed by atoms with van der Waals surface area (Å²) in [6.45, 7) is 2.57. The van der Waals surface area contributed by atoms with Crippen LogP contribution >= 0.6 is 11.6 Å². The summed E-state index contributed by atoms with van der Waals surface area (Å²) in [5.41, 5.74) is 0.288. The molecule has 1 aromatic carbocycles. The molecule has 2 aromatic heterocycles. The van der Waals surface area contributed by atoms with Crippen molar-refractivity contribution in [2.24, 2.45) is 0 Å². The van der Waals surface area contributed by atoms with Gasteiger partial charge in [0.15, 0.2) is 17.0 Å². The smallest absolute Gasteiger partial charge is 0.393 e. The van der Waals surface area contributed by atoms with Crippen LogP contribution in [0.5, 0.6) is 0 Å². The number of hydrogen-bond acceptors (Lipinski definition) is 6. The molecule has 0 radical (unpaired) electrons. The van der Waals surface area contributed by atoms with Crippen molar-refractivity contribution in [1.82, 2.24) is 19.5 Å². The topological polar surface area (TPSA) is 87.9 Å². The predicted octanol–water partition coefficient (Wildman–Crippen LogP) is 4.98. The maximum atomic E-state index is 13.2. The average molecular weight is 455 g/mol. The Morgan fingerprint density at radius 1 is 1.19 bits per heavy atom. The van der Waals surface area contributed by atoms with Crippen molar-refractivity contribution < 1.29 is 18.3 Å². The molecular formula is C20H22ClF3N6O. The zero-order valence-corrected chi connectivity index (χ0v) is 17.5. The number of benzene rings is 1. The van der Waals surface area contributed by atoms with E-state index in [1.54, 1.807) is 6.33 Å². The molecule has 4 rings (SSSR count). The number of rotatable bonds is 5. The molecule has 11 heteroatoms. The standard InChI is InChI=1S/C20H22ClF3N6O/c1-2-30-10-25-16-17(26-12-5-8-15(21)14(9-12)20(22,23)24)28-19(29-18(16)30)27-11-3-6-13(31)7-4-11/h5,8-11,13,31H,2-4,6-7H2,1H3,(H2,26,27,28,29)/t11-,13-. The number of hydrogen-bond donors (Lipinski definition) is 3. The van der Waals surface area contributed by atoms with Crippen molar-refractivity contribution in [3.63, 3.8) is 0 Å². The lowest BCUT2D eigenvalue weighted by atomic mass is 9.93. The normalized spacial score (nSPS) is 19.5. The Morgan fingerprint density at radius 3 is 2.61 bits per heavy atom. The van der Waals surface area contributed by atoms with E-state index in [4.69, 9.17) is 11.6 Å². The molecule has 1 fully saturated rings. The number of aliphatic hydroxyl groups excluding tert-OH is 1. The maximum absolute atomic E-state index is 13.2. The molecule has 0 amide bonds. The molecule has 7 nitrogen and oxygen atoms in total. The minimum absolute atomic E-state index is 0.110. The third-order valence-electron chi connectivity index (χ3n) is 5.37. The molecule has 2 heterocycles. The lowest BCUT2D eigenvalue weighted by Gasteiger charge is -2.26. The highest BCUT2D eigenvalue weighted by molar-refractivity contribution is 6.31. The molecule has 1 aliphatic rings. The molecule has 0 bridgehead atoms. The summed E-state index contributed by atoms with van der Waals surface area (Å²) >= 11 is 5.73. The molecule has 31 heavy (non-hydrogen) atoms. The van der Waals surface area contributed by atoms with Gasteiger partial charge in [-0.1, -0.05) is 11.6 Å². The Hall–Kier alpha value is -2.59. The molecule has 0 atom stereocenters. The first-order valence-corrected chi connectivity index (χ1v) is 10.4. The first kappa shape index (κ1) is 21.6. The van der Waals surface area contributed by atoms with Gasteiger partial charge in [-0.25, -0.2) is 4.98 Å². The van der Waals surface area contributed by atoms with Gasteiger partial charge in [0.05, 0.1) is 23.0 Å². The minimum atomic E-state index is -4.57. The molecule has 0 aliphatic heterocycles. The van der Waals surface area contributed by atoms with E-state index in [2.05, 4.69) is 25.6 Å². The lowest BCUT2D eigenvalue weighted by Crippen LogP contribution is -2.29. The number of anilines is 3. The van der Waals surface area contributed by atoms with Crippen LogP contribution in [-0.4, -0.2) is 36.8 Å². The summed E-state index contributed by atoms with van der Waals surface area (Å²) in [4.78, 5) is 13.4. The van der Waals surface area contributed by atoms with Gasteiger partial charge in [0, 0.05) is 18.3 Å². The Morgan fingerprint density at radius 2 is 1.94 bits per heavy atom. The zero-order valence-electron chi connectivity index (χ0n) is 16.7. The van der Waals surface area contributed by atoms with Crippen LogP contribution in [0.4, 0.5) is 30.6 Å². The molecule has 1 aliphatic carbocycles. The van der Waals surface area contributed by atoms with Crippen LogP contribution in [-0.2, 0) is 12.7 Å². The maximum Gasteiger partial charge on any atom is 0.417 e. The van der Waals surface area contributed by atoms with Gasteiger partial charge < -0.3 is 20.3 Å². The second kappa shape index (κ2) is 8.51. The number of aromatic nitrogens is 4. The van der Waals surface area contributed by atoms with Gasteiger partial charge in [-0.15, -0.1) is 0 Å². The summed E-state index contributed by atoms with van der Waals surface area (Å²) in [5, 5.41) is 15.6. The van der Waals surface area contributed by atoms with Crippen LogP contribution in [0.25, 0.3) is 11.2 Å². The second-order valence-electron chi connectivity index (χ2n) is 7.57. The Bertz CT molecular complexity index is 1080. The third-order valence-corrected chi connectivity index (χ3v) is 5.70. The molecule has 0 spiro atoms. The molecule has 3 aromatic rings. The first-order valence-electron chi connectivity index (χ1n) is 10.1. The quantitative estimate of drug-likeness (QED) is 0.504. The summed E-state index contributed by atoms with van der Waals surface area (Å²) in [6.07, 6.45) is -0.277. The van der Waals surface area contributed by atoms with Gasteiger partial charge in [0.25, 0.3) is 0 Å². The van der Waals surface area contributed by atoms with Gasteiger partial charge in [-0.3, -0.25) is 0 Å². The van der Waals surface area contributed by atoms with E-state index in [0.29, 0.717) is 42.3 Å². The fourth-order valence-electron chi connectivity index (χ4n) is 3.69. The van der Waals surface area contributed by atoms with Crippen LogP contribution in [0.1, 0.15) is 38.2 Å². The minimum Gasteiger partial charge on any atom is -0.393 e. The van der Waals surface area contributed by atoms with E-state index in [1.165, 1.54) is 12.1 Å². The van der Waals surface area contributed by atoms with Crippen LogP contribution in [0.3, 0.4) is 0 Å². The number of imidazole rings is 1. The van der Waals surface area contributed by atoms with E-state index in [9.17, 15) is 18.3 Å². The fraction of sp³-hybridized carbons (Fsp3) is 0.450. The summed E-state index contributed by atoms with van der Waals surface area (Å²) in [5.74, 6) is 0.655. The highest BCUT2D eigenvalue weighted by Crippen LogP contribution is 2.37. The predicted molar refractivity (Wildman–Crippen MR) is 113 cm³/mol. The van der Waals surface area contributed by atoms with E-state index in [-0.39, 0.29) is 22.9 Å². The van der Waals surface area contributed by atoms with Crippen LogP contribution < -0.4 is 10.6 Å². The first-order chi connectivity index (χ1) is 14.7. The number of nitrogens with zero attached hydrogens (tertiary/aromatic N) is 4. The van der Waals surface area contributed by atoms with Crippen molar-refractivity contribution in [2.75, 3.05) is 10.6 Å². The highest BCUT2D eigenvalue weighted by atomic mass is 35.5. The van der Waals surface area contributed by atoms with Gasteiger partial charge in [-0.05, 0) is 50.8 Å².